The summed E-state index contributed by atoms with van der Waals surface area (Å²) < 4.78 is 42.1. The van der Waals surface area contributed by atoms with E-state index in [9.17, 15) is 22.8 Å². The van der Waals surface area contributed by atoms with Gasteiger partial charge in [0.1, 0.15) is 12.3 Å². The smallest absolute Gasteiger partial charge is 0.416 e. The number of carbonyl (C=O) groups is 2. The molecule has 0 radical (unpaired) electrons. The highest BCUT2D eigenvalue weighted by Gasteiger charge is 2.30. The molecule has 2 N–H and O–H groups in total. The van der Waals surface area contributed by atoms with E-state index < -0.39 is 29.6 Å². The van der Waals surface area contributed by atoms with Crippen molar-refractivity contribution in [3.63, 3.8) is 0 Å². The van der Waals surface area contributed by atoms with E-state index in [0.717, 1.165) is 24.3 Å². The Kier molecular flexibility index (Phi) is 4.73. The lowest BCUT2D eigenvalue weighted by molar-refractivity contribution is -0.137. The number of carbonyl (C=O) groups excluding carboxylic acids is 2. The lowest BCUT2D eigenvalue weighted by Crippen LogP contribution is -2.41. The number of rotatable bonds is 4. The average Bonchev–Trinajstić information content (AvgIpc) is 3.01. The molecule has 2 amide bonds. The van der Waals surface area contributed by atoms with Gasteiger partial charge >= 0.3 is 6.18 Å². The van der Waals surface area contributed by atoms with Crippen molar-refractivity contribution in [3.8, 4) is 0 Å². The van der Waals surface area contributed by atoms with Crippen LogP contribution in [0.25, 0.3) is 0 Å². The number of nitrogens with one attached hydrogen (secondary N) is 2. The summed E-state index contributed by atoms with van der Waals surface area (Å²) in [7, 11) is 0. The number of furan rings is 1. The number of halogens is 3. The van der Waals surface area contributed by atoms with Gasteiger partial charge in [-0.25, -0.2) is 0 Å². The molecule has 0 bridgehead atoms. The summed E-state index contributed by atoms with van der Waals surface area (Å²) in [6.45, 7) is 1.46. The van der Waals surface area contributed by atoms with Gasteiger partial charge < -0.3 is 15.1 Å². The van der Waals surface area contributed by atoms with Gasteiger partial charge in [0.05, 0.1) is 17.4 Å². The summed E-state index contributed by atoms with van der Waals surface area (Å²) in [5.74, 6) is -1.05. The van der Waals surface area contributed by atoms with Crippen molar-refractivity contribution < 1.29 is 27.2 Å². The Morgan fingerprint density at radius 1 is 1.13 bits per heavy atom. The molecule has 0 aliphatic carbocycles. The van der Waals surface area contributed by atoms with Gasteiger partial charge in [-0.3, -0.25) is 9.59 Å². The monoisotopic (exact) mass is 326 g/mol. The van der Waals surface area contributed by atoms with E-state index in [4.69, 9.17) is 4.42 Å². The molecule has 1 aromatic heterocycles. The van der Waals surface area contributed by atoms with Crippen molar-refractivity contribution in [2.24, 2.45) is 0 Å². The summed E-state index contributed by atoms with van der Waals surface area (Å²) >= 11 is 0. The van der Waals surface area contributed by atoms with Crippen LogP contribution in [0.15, 0.2) is 47.3 Å². The zero-order valence-corrected chi connectivity index (χ0v) is 12.0. The van der Waals surface area contributed by atoms with Crippen LogP contribution in [0.3, 0.4) is 0 Å². The molecular weight excluding hydrogens is 313 g/mol. The molecule has 0 aliphatic rings. The second kappa shape index (κ2) is 6.55. The van der Waals surface area contributed by atoms with Crippen LogP contribution >= 0.6 is 0 Å². The second-order valence-electron chi connectivity index (χ2n) is 4.77. The molecule has 0 saturated carbocycles. The molecule has 122 valence electrons. The minimum absolute atomic E-state index is 0.201. The largest absolute Gasteiger partial charge is 0.472 e. The lowest BCUT2D eigenvalue weighted by Gasteiger charge is -2.14. The Hall–Kier alpha value is -2.77. The fourth-order valence-electron chi connectivity index (χ4n) is 1.73. The van der Waals surface area contributed by atoms with Crippen LogP contribution in [0, 0.1) is 0 Å². The first kappa shape index (κ1) is 16.6. The molecule has 1 atom stereocenters. The van der Waals surface area contributed by atoms with Crippen LogP contribution in [-0.4, -0.2) is 17.9 Å². The van der Waals surface area contributed by atoms with Crippen LogP contribution < -0.4 is 10.6 Å². The molecule has 1 heterocycles. The topological polar surface area (TPSA) is 71.3 Å². The van der Waals surface area contributed by atoms with E-state index in [1.54, 1.807) is 0 Å². The highest BCUT2D eigenvalue weighted by atomic mass is 19.4. The molecule has 2 aromatic rings. The number of anilines is 1. The van der Waals surface area contributed by atoms with Gasteiger partial charge in [-0.2, -0.15) is 13.2 Å². The van der Waals surface area contributed by atoms with E-state index in [-0.39, 0.29) is 11.3 Å². The van der Waals surface area contributed by atoms with Crippen LogP contribution in [0.1, 0.15) is 22.8 Å². The zero-order chi connectivity index (χ0) is 17.0. The zero-order valence-electron chi connectivity index (χ0n) is 12.0. The van der Waals surface area contributed by atoms with E-state index >= 15 is 0 Å². The maximum Gasteiger partial charge on any atom is 0.416 e. The molecule has 0 fully saturated rings. The normalized spacial score (nSPS) is 12.5. The van der Waals surface area contributed by atoms with Gasteiger partial charge in [-0.15, -0.1) is 0 Å². The Morgan fingerprint density at radius 2 is 1.78 bits per heavy atom. The predicted molar refractivity (Wildman–Crippen MR) is 75.7 cm³/mol. The summed E-state index contributed by atoms with van der Waals surface area (Å²) in [6, 6.07) is 4.58. The molecule has 0 unspecified atom stereocenters. The molecule has 1 aromatic carbocycles. The Morgan fingerprint density at radius 3 is 2.30 bits per heavy atom. The average molecular weight is 326 g/mol. The fraction of sp³-hybridized carbons (Fsp3) is 0.200. The third-order valence-electron chi connectivity index (χ3n) is 3.00. The first-order valence-electron chi connectivity index (χ1n) is 6.58. The van der Waals surface area contributed by atoms with Crippen molar-refractivity contribution in [1.82, 2.24) is 5.32 Å². The number of alkyl halides is 3. The maximum absolute atomic E-state index is 12.4. The SMILES string of the molecule is C[C@@H](NC(=O)c1ccoc1)C(=O)Nc1ccc(C(F)(F)F)cc1. The Labute approximate surface area is 129 Å². The number of hydrogen-bond acceptors (Lipinski definition) is 3. The highest BCUT2D eigenvalue weighted by molar-refractivity contribution is 6.00. The van der Waals surface area contributed by atoms with E-state index in [1.165, 1.54) is 25.5 Å². The van der Waals surface area contributed by atoms with Gasteiger partial charge in [0.2, 0.25) is 5.91 Å². The van der Waals surface area contributed by atoms with Crippen LogP contribution in [0.5, 0.6) is 0 Å². The van der Waals surface area contributed by atoms with Crippen molar-refractivity contribution in [2.45, 2.75) is 19.1 Å². The Bertz CT molecular complexity index is 679. The summed E-state index contributed by atoms with van der Waals surface area (Å²) in [4.78, 5) is 23.7. The second-order valence-corrected chi connectivity index (χ2v) is 4.77. The van der Waals surface area contributed by atoms with E-state index in [2.05, 4.69) is 10.6 Å². The standard InChI is InChI=1S/C15H13F3N2O3/c1-9(19-14(22)10-6-7-23-8-10)13(21)20-12-4-2-11(3-5-12)15(16,17)18/h2-9H,1H3,(H,19,22)(H,20,21)/t9-/m1/s1. The lowest BCUT2D eigenvalue weighted by atomic mass is 10.2. The quantitative estimate of drug-likeness (QED) is 0.907. The van der Waals surface area contributed by atoms with Crippen molar-refractivity contribution in [2.75, 3.05) is 5.32 Å². The first-order valence-corrected chi connectivity index (χ1v) is 6.58. The summed E-state index contributed by atoms with van der Waals surface area (Å²) in [6.07, 6.45) is -1.88. The van der Waals surface area contributed by atoms with Gasteiger partial charge in [-0.1, -0.05) is 0 Å². The maximum atomic E-state index is 12.4. The van der Waals surface area contributed by atoms with Crippen molar-refractivity contribution in [3.05, 3.63) is 54.0 Å². The van der Waals surface area contributed by atoms with E-state index in [0.29, 0.717) is 0 Å². The molecule has 2 rings (SSSR count). The molecule has 0 aliphatic heterocycles. The Balaban J connectivity index is 1.94. The number of hydrogen-bond donors (Lipinski definition) is 2. The van der Waals surface area contributed by atoms with Crippen molar-refractivity contribution >= 4 is 17.5 Å². The van der Waals surface area contributed by atoms with Crippen LogP contribution in [-0.2, 0) is 11.0 Å². The number of benzene rings is 1. The third kappa shape index (κ3) is 4.35. The third-order valence-corrected chi connectivity index (χ3v) is 3.00. The predicted octanol–water partition coefficient (Wildman–Crippen LogP) is 3.06. The van der Waals surface area contributed by atoms with Gasteiger partial charge in [0.25, 0.3) is 5.91 Å². The molecule has 5 nitrogen and oxygen atoms in total. The van der Waals surface area contributed by atoms with Crippen LogP contribution in [0.4, 0.5) is 18.9 Å². The molecular formula is C15H13F3N2O3. The minimum Gasteiger partial charge on any atom is -0.472 e. The minimum atomic E-state index is -4.44. The fourth-order valence-corrected chi connectivity index (χ4v) is 1.73. The van der Waals surface area contributed by atoms with Gasteiger partial charge in [-0.05, 0) is 37.3 Å². The molecule has 0 spiro atoms. The highest BCUT2D eigenvalue weighted by Crippen LogP contribution is 2.29. The summed E-state index contributed by atoms with van der Waals surface area (Å²) in [5.41, 5.74) is -0.344. The van der Waals surface area contributed by atoms with Gasteiger partial charge in [0, 0.05) is 5.69 Å². The summed E-state index contributed by atoms with van der Waals surface area (Å²) in [5, 5.41) is 4.87. The van der Waals surface area contributed by atoms with Crippen molar-refractivity contribution in [1.29, 1.82) is 0 Å². The van der Waals surface area contributed by atoms with Crippen LogP contribution in [0.2, 0.25) is 0 Å². The molecule has 8 heteroatoms. The number of amides is 2. The molecule has 23 heavy (non-hydrogen) atoms. The molecule has 0 saturated heterocycles. The van der Waals surface area contributed by atoms with Gasteiger partial charge in [0.15, 0.2) is 0 Å². The first-order chi connectivity index (χ1) is 10.8. The van der Waals surface area contributed by atoms with E-state index in [1.807, 2.05) is 0 Å².